The number of nitrogen functional groups attached to an aromatic ring is 1. The second-order valence-electron chi connectivity index (χ2n) is 9.08. The summed E-state index contributed by atoms with van der Waals surface area (Å²) in [4.78, 5) is 29.8. The Kier molecular flexibility index (Phi) is 9.56. The number of hydrogen-bond acceptors (Lipinski definition) is 7. The van der Waals surface area contributed by atoms with Crippen LogP contribution in [0.3, 0.4) is 0 Å². The van der Waals surface area contributed by atoms with Crippen LogP contribution in [0.5, 0.6) is 17.2 Å². The third kappa shape index (κ3) is 7.42. The number of nitrogens with one attached hydrogen (secondary N) is 2. The Bertz CT molecular complexity index is 1500. The maximum absolute atomic E-state index is 13.1. The van der Waals surface area contributed by atoms with Crippen molar-refractivity contribution in [3.63, 3.8) is 0 Å². The van der Waals surface area contributed by atoms with Gasteiger partial charge >= 0.3 is 0 Å². The molecule has 41 heavy (non-hydrogen) atoms. The number of ether oxygens (including phenoxy) is 3. The third-order valence-corrected chi connectivity index (χ3v) is 6.39. The van der Waals surface area contributed by atoms with Crippen LogP contribution in [0, 0.1) is 0 Å². The van der Waals surface area contributed by atoms with E-state index in [-0.39, 0.29) is 17.9 Å². The Hall–Kier alpha value is -5.31. The van der Waals surface area contributed by atoms with Crippen molar-refractivity contribution in [3.8, 4) is 17.2 Å². The minimum absolute atomic E-state index is 0.283. The number of nitrogens with two attached hydrogens (primary N) is 1. The molecule has 0 aliphatic rings. The first-order chi connectivity index (χ1) is 19.9. The fourth-order valence-electron chi connectivity index (χ4n) is 4.27. The number of benzene rings is 3. The van der Waals surface area contributed by atoms with Gasteiger partial charge in [-0.2, -0.15) is 0 Å². The van der Waals surface area contributed by atoms with E-state index in [9.17, 15) is 9.59 Å². The average Bonchev–Trinajstić information content (AvgIpc) is 3.00. The van der Waals surface area contributed by atoms with Crippen LogP contribution >= 0.6 is 0 Å². The number of rotatable bonds is 11. The molecule has 4 rings (SSSR count). The van der Waals surface area contributed by atoms with Gasteiger partial charge in [-0.15, -0.1) is 0 Å². The number of methoxy groups -OCH3 is 3. The number of amides is 2. The number of carbonyl (C=O) groups is 2. The van der Waals surface area contributed by atoms with Gasteiger partial charge in [0.25, 0.3) is 5.91 Å². The molecule has 0 aliphatic carbocycles. The van der Waals surface area contributed by atoms with E-state index < -0.39 is 0 Å². The smallest absolute Gasteiger partial charge is 0.255 e. The molecule has 9 heteroatoms. The zero-order valence-corrected chi connectivity index (χ0v) is 23.1. The monoisotopic (exact) mass is 552 g/mol. The number of nitrogens with zero attached hydrogens (tertiary/aromatic N) is 1. The standard InChI is InChI=1S/C32H32N4O5/c1-39-28-18-22(19-29(40-2)31(28)41-3)9-14-30(37)35-27(17-21-7-5-4-6-8-21)23-10-12-24(13-11-23)32(38)36-26-15-16-34-20-25(26)33/h4-16,18-20,27H,17,33H2,1-3H3,(H,35,37)(H,34,36,38)/b14-9+. The van der Waals surface area contributed by atoms with Gasteiger partial charge in [0.1, 0.15) is 0 Å². The van der Waals surface area contributed by atoms with Crippen molar-refractivity contribution in [3.05, 3.63) is 114 Å². The average molecular weight is 553 g/mol. The molecular weight excluding hydrogens is 520 g/mol. The fourth-order valence-corrected chi connectivity index (χ4v) is 4.27. The molecule has 1 aromatic heterocycles. The van der Waals surface area contributed by atoms with Gasteiger partial charge in [0, 0.05) is 17.8 Å². The molecule has 1 unspecified atom stereocenters. The van der Waals surface area contributed by atoms with Crippen LogP contribution in [-0.2, 0) is 11.2 Å². The van der Waals surface area contributed by atoms with Crippen molar-refractivity contribution in [1.29, 1.82) is 0 Å². The van der Waals surface area contributed by atoms with Gasteiger partial charge in [-0.3, -0.25) is 14.6 Å². The van der Waals surface area contributed by atoms with Gasteiger partial charge < -0.3 is 30.6 Å². The molecule has 210 valence electrons. The van der Waals surface area contributed by atoms with Crippen LogP contribution in [0.1, 0.15) is 33.1 Å². The number of anilines is 2. The first-order valence-corrected chi connectivity index (χ1v) is 12.8. The number of hydrogen-bond donors (Lipinski definition) is 3. The van der Waals surface area contributed by atoms with E-state index in [1.807, 2.05) is 42.5 Å². The van der Waals surface area contributed by atoms with Crippen LogP contribution in [0.4, 0.5) is 11.4 Å². The summed E-state index contributed by atoms with van der Waals surface area (Å²) in [7, 11) is 4.61. The Morgan fingerprint density at radius 3 is 2.22 bits per heavy atom. The normalized spacial score (nSPS) is 11.5. The summed E-state index contributed by atoms with van der Waals surface area (Å²) in [6.45, 7) is 0. The number of carbonyl (C=O) groups excluding carboxylic acids is 2. The topological polar surface area (TPSA) is 125 Å². The largest absolute Gasteiger partial charge is 0.493 e. The first kappa shape index (κ1) is 28.7. The molecule has 0 fully saturated rings. The lowest BCUT2D eigenvalue weighted by molar-refractivity contribution is -0.117. The Balaban J connectivity index is 1.53. The molecule has 0 saturated carbocycles. The molecule has 0 saturated heterocycles. The highest BCUT2D eigenvalue weighted by Crippen LogP contribution is 2.38. The molecule has 3 aromatic carbocycles. The van der Waals surface area contributed by atoms with E-state index in [2.05, 4.69) is 15.6 Å². The van der Waals surface area contributed by atoms with E-state index in [0.29, 0.717) is 46.2 Å². The van der Waals surface area contributed by atoms with Crippen LogP contribution in [0.2, 0.25) is 0 Å². The zero-order chi connectivity index (χ0) is 29.2. The zero-order valence-electron chi connectivity index (χ0n) is 23.1. The highest BCUT2D eigenvalue weighted by Gasteiger charge is 2.17. The van der Waals surface area contributed by atoms with E-state index >= 15 is 0 Å². The molecule has 0 bridgehead atoms. The second-order valence-corrected chi connectivity index (χ2v) is 9.08. The van der Waals surface area contributed by atoms with Crippen molar-refractivity contribution in [2.45, 2.75) is 12.5 Å². The Morgan fingerprint density at radius 2 is 1.61 bits per heavy atom. The summed E-state index contributed by atoms with van der Waals surface area (Å²) >= 11 is 0. The summed E-state index contributed by atoms with van der Waals surface area (Å²) in [6.07, 6.45) is 6.73. The second kappa shape index (κ2) is 13.7. The highest BCUT2D eigenvalue weighted by molar-refractivity contribution is 6.05. The van der Waals surface area contributed by atoms with Crippen molar-refractivity contribution in [1.82, 2.24) is 10.3 Å². The maximum atomic E-state index is 13.1. The quantitative estimate of drug-likeness (QED) is 0.222. The van der Waals surface area contributed by atoms with E-state index in [1.54, 1.807) is 42.6 Å². The number of aromatic nitrogens is 1. The van der Waals surface area contributed by atoms with Crippen molar-refractivity contribution in [2.24, 2.45) is 0 Å². The molecule has 0 radical (unpaired) electrons. The van der Waals surface area contributed by atoms with E-state index in [1.165, 1.54) is 33.6 Å². The molecule has 4 N–H and O–H groups in total. The molecule has 4 aromatic rings. The van der Waals surface area contributed by atoms with Gasteiger partial charge in [0.05, 0.1) is 44.9 Å². The lowest BCUT2D eigenvalue weighted by atomic mass is 9.97. The van der Waals surface area contributed by atoms with Gasteiger partial charge in [-0.25, -0.2) is 0 Å². The van der Waals surface area contributed by atoms with E-state index in [4.69, 9.17) is 19.9 Å². The summed E-state index contributed by atoms with van der Waals surface area (Å²) in [6, 6.07) is 21.8. The molecule has 2 amide bonds. The molecular formula is C32H32N4O5. The van der Waals surface area contributed by atoms with Crippen LogP contribution in [-0.4, -0.2) is 38.1 Å². The van der Waals surface area contributed by atoms with Gasteiger partial charge in [-0.05, 0) is 59.5 Å². The van der Waals surface area contributed by atoms with Crippen LogP contribution in [0.25, 0.3) is 6.08 Å². The van der Waals surface area contributed by atoms with Crippen LogP contribution in [0.15, 0.2) is 91.3 Å². The summed E-state index contributed by atoms with van der Waals surface area (Å²) < 4.78 is 16.2. The van der Waals surface area contributed by atoms with Crippen LogP contribution < -0.4 is 30.6 Å². The van der Waals surface area contributed by atoms with Crippen molar-refractivity contribution >= 4 is 29.3 Å². The SMILES string of the molecule is COc1cc(/C=C/C(=O)NC(Cc2ccccc2)c2ccc(C(=O)Nc3ccncc3N)cc2)cc(OC)c1OC. The van der Waals surface area contributed by atoms with E-state index in [0.717, 1.165) is 11.1 Å². The third-order valence-electron chi connectivity index (χ3n) is 6.39. The lowest BCUT2D eigenvalue weighted by Gasteiger charge is -2.19. The maximum Gasteiger partial charge on any atom is 0.255 e. The summed E-state index contributed by atoms with van der Waals surface area (Å²) in [5, 5.41) is 5.89. The van der Waals surface area contributed by atoms with Gasteiger partial charge in [0.15, 0.2) is 11.5 Å². The molecule has 1 atom stereocenters. The lowest BCUT2D eigenvalue weighted by Crippen LogP contribution is -2.28. The Labute approximate surface area is 239 Å². The number of pyridine rings is 1. The summed E-state index contributed by atoms with van der Waals surface area (Å²) in [5.74, 6) is 0.871. The highest BCUT2D eigenvalue weighted by atomic mass is 16.5. The molecule has 9 nitrogen and oxygen atoms in total. The minimum atomic E-state index is -0.345. The van der Waals surface area contributed by atoms with Gasteiger partial charge in [-0.1, -0.05) is 42.5 Å². The molecule has 0 aliphatic heterocycles. The van der Waals surface area contributed by atoms with Crippen molar-refractivity contribution < 1.29 is 23.8 Å². The molecule has 1 heterocycles. The molecule has 0 spiro atoms. The summed E-state index contributed by atoms with van der Waals surface area (Å²) in [5.41, 5.74) is 9.83. The fraction of sp³-hybridized carbons (Fsp3) is 0.156. The van der Waals surface area contributed by atoms with Gasteiger partial charge in [0.2, 0.25) is 11.7 Å². The Morgan fingerprint density at radius 1 is 0.927 bits per heavy atom. The first-order valence-electron chi connectivity index (χ1n) is 12.8. The predicted molar refractivity (Wildman–Crippen MR) is 159 cm³/mol. The van der Waals surface area contributed by atoms with Crippen molar-refractivity contribution in [2.75, 3.05) is 32.4 Å². The predicted octanol–water partition coefficient (Wildman–Crippen LogP) is 5.06. The minimum Gasteiger partial charge on any atom is -0.493 e.